The van der Waals surface area contributed by atoms with E-state index < -0.39 is 5.82 Å². The van der Waals surface area contributed by atoms with Crippen LogP contribution in [0.2, 0.25) is 0 Å². The summed E-state index contributed by atoms with van der Waals surface area (Å²) in [5.41, 5.74) is 0. The molecule has 0 saturated heterocycles. The molecule has 1 aromatic rings. The molecule has 0 spiro atoms. The third-order valence-corrected chi connectivity index (χ3v) is 2.41. The van der Waals surface area contributed by atoms with Crippen molar-refractivity contribution in [3.63, 3.8) is 0 Å². The zero-order valence-corrected chi connectivity index (χ0v) is 6.74. The maximum atomic E-state index is 12.5. The molecule has 5 heteroatoms. The van der Waals surface area contributed by atoms with E-state index in [9.17, 15) is 9.18 Å². The van der Waals surface area contributed by atoms with Crippen LogP contribution >= 0.6 is 11.8 Å². The maximum Gasteiger partial charge on any atom is 0.235 e. The predicted octanol–water partition coefficient (Wildman–Crippen LogP) is 1.07. The first kappa shape index (κ1) is 7.54. The second-order valence-corrected chi connectivity index (χ2v) is 3.28. The Balaban J connectivity index is 2.43. The highest BCUT2D eigenvalue weighted by Crippen LogP contribution is 2.29. The van der Waals surface area contributed by atoms with Crippen LogP contribution in [0.4, 0.5) is 10.2 Å². The minimum Gasteiger partial charge on any atom is -0.309 e. The number of nitrogens with one attached hydrogen (secondary N) is 1. The number of rotatable bonds is 0. The number of hydrogen-bond donors (Lipinski definition) is 1. The second-order valence-electron chi connectivity index (χ2n) is 2.27. The van der Waals surface area contributed by atoms with E-state index in [1.54, 1.807) is 0 Å². The van der Waals surface area contributed by atoms with Crippen molar-refractivity contribution in [1.82, 2.24) is 4.98 Å². The topological polar surface area (TPSA) is 42.0 Å². The first-order chi connectivity index (χ1) is 5.75. The molecule has 0 unspecified atom stereocenters. The van der Waals surface area contributed by atoms with Crippen molar-refractivity contribution in [2.45, 2.75) is 4.90 Å². The molecule has 61 valence electrons. The minimum atomic E-state index is -0.502. The molecule has 1 N–H and O–H groups in total. The fourth-order valence-corrected chi connectivity index (χ4v) is 1.67. The van der Waals surface area contributed by atoms with Gasteiger partial charge in [-0.15, -0.1) is 11.8 Å². The van der Waals surface area contributed by atoms with Crippen LogP contribution in [-0.4, -0.2) is 16.6 Å². The Morgan fingerprint density at radius 1 is 1.75 bits per heavy atom. The van der Waals surface area contributed by atoms with Gasteiger partial charge in [-0.25, -0.2) is 9.37 Å². The van der Waals surface area contributed by atoms with Gasteiger partial charge in [0.05, 0.1) is 10.6 Å². The lowest BCUT2D eigenvalue weighted by Gasteiger charge is -2.13. The van der Waals surface area contributed by atoms with Crippen molar-refractivity contribution in [2.24, 2.45) is 0 Å². The molecule has 1 radical (unpaired) electrons. The van der Waals surface area contributed by atoms with Gasteiger partial charge in [-0.2, -0.15) is 0 Å². The predicted molar refractivity (Wildman–Crippen MR) is 42.4 cm³/mol. The molecule has 2 rings (SSSR count). The Bertz CT molecular complexity index is 342. The van der Waals surface area contributed by atoms with Gasteiger partial charge in [-0.1, -0.05) is 0 Å². The number of amides is 1. The number of hydrogen-bond acceptors (Lipinski definition) is 3. The molecule has 3 nitrogen and oxygen atoms in total. The third-order valence-electron chi connectivity index (χ3n) is 1.38. The number of carbonyl (C=O) groups is 1. The largest absolute Gasteiger partial charge is 0.309 e. The lowest BCUT2D eigenvalue weighted by molar-refractivity contribution is -0.113. The number of nitrogens with zero attached hydrogens (tertiary/aromatic N) is 1. The van der Waals surface area contributed by atoms with Gasteiger partial charge in [0.1, 0.15) is 12.0 Å². The summed E-state index contributed by atoms with van der Waals surface area (Å²) in [5, 5.41) is 2.52. The van der Waals surface area contributed by atoms with E-state index in [-0.39, 0.29) is 5.91 Å². The molecule has 1 aliphatic heterocycles. The molecule has 0 bridgehead atoms. The van der Waals surface area contributed by atoms with E-state index in [0.29, 0.717) is 16.5 Å². The molecular weight excluding hydrogens is 179 g/mol. The molecule has 0 aliphatic carbocycles. The zero-order valence-electron chi connectivity index (χ0n) is 5.93. The van der Waals surface area contributed by atoms with Gasteiger partial charge >= 0.3 is 0 Å². The van der Waals surface area contributed by atoms with Crippen LogP contribution in [0.5, 0.6) is 0 Å². The molecule has 0 saturated carbocycles. The fourth-order valence-electron chi connectivity index (χ4n) is 0.891. The van der Waals surface area contributed by atoms with E-state index in [1.165, 1.54) is 17.8 Å². The summed E-state index contributed by atoms with van der Waals surface area (Å²) in [4.78, 5) is 15.1. The van der Waals surface area contributed by atoms with Crippen molar-refractivity contribution < 1.29 is 9.18 Å². The number of fused-ring (bicyclic) bond motifs is 1. The number of halogens is 1. The molecule has 0 aromatic carbocycles. The molecule has 0 fully saturated rings. The Kier molecular flexibility index (Phi) is 1.73. The highest BCUT2D eigenvalue weighted by Gasteiger charge is 2.16. The molecule has 1 aromatic heterocycles. The van der Waals surface area contributed by atoms with Crippen molar-refractivity contribution in [1.29, 1.82) is 0 Å². The van der Waals surface area contributed by atoms with Crippen LogP contribution in [0.1, 0.15) is 0 Å². The molecule has 12 heavy (non-hydrogen) atoms. The van der Waals surface area contributed by atoms with Crippen molar-refractivity contribution in [2.75, 3.05) is 11.1 Å². The van der Waals surface area contributed by atoms with Crippen LogP contribution < -0.4 is 5.32 Å². The van der Waals surface area contributed by atoms with Gasteiger partial charge in [0.25, 0.3) is 0 Å². The summed E-state index contributed by atoms with van der Waals surface area (Å²) in [6.45, 7) is 0. The summed E-state index contributed by atoms with van der Waals surface area (Å²) in [6, 6.07) is 1.31. The first-order valence-electron chi connectivity index (χ1n) is 3.26. The average Bonchev–Trinajstić information content (AvgIpc) is 2.05. The first-order valence-corrected chi connectivity index (χ1v) is 4.25. The van der Waals surface area contributed by atoms with Crippen molar-refractivity contribution in [3.8, 4) is 0 Å². The highest BCUT2D eigenvalue weighted by atomic mass is 32.2. The quantitative estimate of drug-likeness (QED) is 0.654. The van der Waals surface area contributed by atoms with Gasteiger partial charge in [0.15, 0.2) is 5.82 Å². The van der Waals surface area contributed by atoms with Crippen LogP contribution in [0.3, 0.4) is 0 Å². The number of carbonyl (C=O) groups excluding carboxylic acids is 1. The minimum absolute atomic E-state index is 0.111. The summed E-state index contributed by atoms with van der Waals surface area (Å²) in [6.07, 6.45) is 2.14. The fraction of sp³-hybridized carbons (Fsp3) is 0.143. The van der Waals surface area contributed by atoms with Crippen LogP contribution in [0.25, 0.3) is 0 Å². The smallest absolute Gasteiger partial charge is 0.235 e. The molecule has 2 heterocycles. The van der Waals surface area contributed by atoms with Gasteiger partial charge < -0.3 is 5.32 Å². The Hall–Kier alpha value is -1.10. The van der Waals surface area contributed by atoms with Crippen molar-refractivity contribution in [3.05, 3.63) is 18.1 Å². The van der Waals surface area contributed by atoms with E-state index in [1.807, 2.05) is 0 Å². The number of anilines is 1. The second kappa shape index (κ2) is 2.75. The summed E-state index contributed by atoms with van der Waals surface area (Å²) in [5.74, 6) is 0.105. The van der Waals surface area contributed by atoms with Crippen molar-refractivity contribution >= 4 is 23.5 Å². The number of pyridine rings is 1. The Morgan fingerprint density at radius 3 is 3.42 bits per heavy atom. The van der Waals surface area contributed by atoms with E-state index in [4.69, 9.17) is 0 Å². The molecule has 1 amide bonds. The van der Waals surface area contributed by atoms with Gasteiger partial charge in [-0.05, 0) is 6.07 Å². The Labute approximate surface area is 72.4 Å². The lowest BCUT2D eigenvalue weighted by Crippen LogP contribution is -2.19. The van der Waals surface area contributed by atoms with E-state index in [0.717, 1.165) is 0 Å². The molecule has 1 aliphatic rings. The Morgan fingerprint density at radius 2 is 2.58 bits per heavy atom. The number of thioether (sulfide) groups is 1. The average molecular weight is 183 g/mol. The normalized spacial score (nSPS) is 15.2. The molecule has 0 atom stereocenters. The van der Waals surface area contributed by atoms with Crippen LogP contribution in [0.15, 0.2) is 11.0 Å². The van der Waals surface area contributed by atoms with E-state index >= 15 is 0 Å². The van der Waals surface area contributed by atoms with Gasteiger partial charge in [-0.3, -0.25) is 4.79 Å². The third kappa shape index (κ3) is 1.27. The SMILES string of the molecule is O=C1CSc2cc(F)[c]nc2N1. The summed E-state index contributed by atoms with van der Waals surface area (Å²) >= 11 is 1.28. The van der Waals surface area contributed by atoms with Gasteiger partial charge in [0.2, 0.25) is 5.91 Å². The summed E-state index contributed by atoms with van der Waals surface area (Å²) < 4.78 is 12.5. The maximum absolute atomic E-state index is 12.5. The van der Waals surface area contributed by atoms with Crippen LogP contribution in [-0.2, 0) is 4.79 Å². The van der Waals surface area contributed by atoms with Crippen LogP contribution in [0, 0.1) is 12.0 Å². The van der Waals surface area contributed by atoms with Gasteiger partial charge in [0, 0.05) is 0 Å². The lowest BCUT2D eigenvalue weighted by atomic mass is 10.4. The monoisotopic (exact) mass is 183 g/mol. The number of aromatic nitrogens is 1. The molecular formula is C7H4FN2OS. The summed E-state index contributed by atoms with van der Waals surface area (Å²) in [7, 11) is 0. The standard InChI is InChI=1S/C7H4FN2OS/c8-4-1-5-7(9-2-4)10-6(11)3-12-5/h1H,3H2,(H,9,10,11). The highest BCUT2D eigenvalue weighted by molar-refractivity contribution is 8.00. The van der Waals surface area contributed by atoms with E-state index in [2.05, 4.69) is 16.5 Å². The zero-order chi connectivity index (χ0) is 8.55.